The number of nitrogens with zero attached hydrogens (tertiary/aromatic N) is 1. The Morgan fingerprint density at radius 3 is 2.87 bits per heavy atom. The Kier molecular flexibility index (Phi) is 4.82. The summed E-state index contributed by atoms with van der Waals surface area (Å²) < 4.78 is 37.5. The number of carbonyl (C=O) groups is 1. The highest BCUT2D eigenvalue weighted by Crippen LogP contribution is 2.32. The molecule has 0 spiro atoms. The maximum absolute atomic E-state index is 12.8. The van der Waals surface area contributed by atoms with Gasteiger partial charge in [-0.15, -0.1) is 0 Å². The van der Waals surface area contributed by atoms with Crippen molar-refractivity contribution in [1.82, 2.24) is 4.31 Å². The van der Waals surface area contributed by atoms with Gasteiger partial charge < -0.3 is 9.47 Å². The molecule has 126 valence electrons. The lowest BCUT2D eigenvalue weighted by atomic mass is 10.1. The minimum atomic E-state index is -3.63. The molecule has 2 aliphatic rings. The van der Waals surface area contributed by atoms with E-state index in [1.807, 2.05) is 6.07 Å². The highest BCUT2D eigenvalue weighted by Gasteiger charge is 2.40. The molecule has 0 aromatic heterocycles. The van der Waals surface area contributed by atoms with Gasteiger partial charge in [-0.2, -0.15) is 4.31 Å². The molecule has 0 radical (unpaired) electrons. The van der Waals surface area contributed by atoms with Crippen LogP contribution in [-0.2, 0) is 30.9 Å². The van der Waals surface area contributed by atoms with Crippen LogP contribution in [0.15, 0.2) is 29.2 Å². The zero-order chi connectivity index (χ0) is 16.4. The fourth-order valence-electron chi connectivity index (χ4n) is 2.76. The number of ketones is 1. The first-order chi connectivity index (χ1) is 11.0. The van der Waals surface area contributed by atoms with Gasteiger partial charge >= 0.3 is 0 Å². The van der Waals surface area contributed by atoms with E-state index in [0.29, 0.717) is 6.61 Å². The summed E-state index contributed by atoms with van der Waals surface area (Å²) in [4.78, 5) is 12.4. The van der Waals surface area contributed by atoms with Crippen LogP contribution >= 0.6 is 0 Å². The minimum absolute atomic E-state index is 0.0398. The largest absolute Gasteiger partial charge is 0.380 e. The standard InChI is InChI=1S/C16H21NO5S/c1-21-11-12-3-2-4-14(9-12)23(19,20)17-7-8-22-15(10-17)16(18)13-5-6-13/h2-4,9,13,15H,5-8,10-11H2,1H3. The number of rotatable bonds is 6. The lowest BCUT2D eigenvalue weighted by Crippen LogP contribution is -2.48. The predicted octanol–water partition coefficient (Wildman–Crippen LogP) is 1.20. The van der Waals surface area contributed by atoms with Gasteiger partial charge in [0.25, 0.3) is 0 Å². The fraction of sp³-hybridized carbons (Fsp3) is 0.562. The summed E-state index contributed by atoms with van der Waals surface area (Å²) in [5.74, 6) is 0.103. The van der Waals surface area contributed by atoms with Crippen molar-refractivity contribution < 1.29 is 22.7 Å². The van der Waals surface area contributed by atoms with Crippen LogP contribution in [-0.4, -0.2) is 51.4 Å². The number of morpholine rings is 1. The molecule has 2 fully saturated rings. The van der Waals surface area contributed by atoms with Gasteiger partial charge in [0.15, 0.2) is 5.78 Å². The average Bonchev–Trinajstić information content (AvgIpc) is 3.40. The number of ether oxygens (including phenoxy) is 2. The molecule has 1 heterocycles. The summed E-state index contributed by atoms with van der Waals surface area (Å²) in [5, 5.41) is 0. The summed E-state index contributed by atoms with van der Waals surface area (Å²) in [6.45, 7) is 0.979. The normalized spacial score (nSPS) is 22.9. The molecule has 7 heteroatoms. The van der Waals surface area contributed by atoms with Crippen LogP contribution in [0, 0.1) is 5.92 Å². The number of methoxy groups -OCH3 is 1. The first-order valence-electron chi connectivity index (χ1n) is 7.75. The second-order valence-corrected chi connectivity index (χ2v) is 7.92. The van der Waals surface area contributed by atoms with E-state index in [0.717, 1.165) is 18.4 Å². The number of Topliss-reactive ketones (excluding diaryl/α,β-unsaturated/α-hetero) is 1. The lowest BCUT2D eigenvalue weighted by Gasteiger charge is -2.31. The van der Waals surface area contributed by atoms with Crippen molar-refractivity contribution in [3.8, 4) is 0 Å². The van der Waals surface area contributed by atoms with Crippen LogP contribution in [0.2, 0.25) is 0 Å². The van der Waals surface area contributed by atoms with Gasteiger partial charge in [-0.05, 0) is 30.5 Å². The Morgan fingerprint density at radius 2 is 2.17 bits per heavy atom. The van der Waals surface area contributed by atoms with Crippen LogP contribution in [0.5, 0.6) is 0 Å². The molecule has 0 bridgehead atoms. The maximum atomic E-state index is 12.8. The maximum Gasteiger partial charge on any atom is 0.243 e. The van der Waals surface area contributed by atoms with E-state index < -0.39 is 16.1 Å². The Hall–Kier alpha value is -1.28. The molecule has 1 aliphatic carbocycles. The van der Waals surface area contributed by atoms with Crippen molar-refractivity contribution in [1.29, 1.82) is 0 Å². The van der Waals surface area contributed by atoms with Gasteiger partial charge in [0, 0.05) is 26.1 Å². The molecule has 1 aromatic carbocycles. The minimum Gasteiger partial charge on any atom is -0.380 e. The summed E-state index contributed by atoms with van der Waals surface area (Å²) in [6.07, 6.45) is 1.16. The first kappa shape index (κ1) is 16.6. The van der Waals surface area contributed by atoms with Crippen molar-refractivity contribution in [2.75, 3.05) is 26.8 Å². The highest BCUT2D eigenvalue weighted by molar-refractivity contribution is 7.89. The van der Waals surface area contributed by atoms with Crippen LogP contribution in [0.25, 0.3) is 0 Å². The van der Waals surface area contributed by atoms with Crippen LogP contribution < -0.4 is 0 Å². The summed E-state index contributed by atoms with van der Waals surface area (Å²) in [7, 11) is -2.06. The van der Waals surface area contributed by atoms with Crippen molar-refractivity contribution >= 4 is 15.8 Å². The van der Waals surface area contributed by atoms with E-state index in [4.69, 9.17) is 9.47 Å². The third-order valence-electron chi connectivity index (χ3n) is 4.17. The van der Waals surface area contributed by atoms with Crippen molar-refractivity contribution in [2.24, 2.45) is 5.92 Å². The van der Waals surface area contributed by atoms with Gasteiger partial charge in [0.1, 0.15) is 6.10 Å². The van der Waals surface area contributed by atoms with Crippen molar-refractivity contribution in [2.45, 2.75) is 30.4 Å². The third-order valence-corrected chi connectivity index (χ3v) is 6.03. The molecule has 1 aliphatic heterocycles. The molecular formula is C16H21NO5S. The number of carbonyl (C=O) groups excluding carboxylic acids is 1. The fourth-order valence-corrected chi connectivity index (χ4v) is 4.25. The van der Waals surface area contributed by atoms with Gasteiger partial charge in [0.2, 0.25) is 10.0 Å². The Balaban J connectivity index is 1.78. The molecule has 1 aromatic rings. The Bertz CT molecular complexity index is 683. The average molecular weight is 339 g/mol. The SMILES string of the molecule is COCc1cccc(S(=O)(=O)N2CCOC(C(=O)C3CC3)C2)c1. The van der Waals surface area contributed by atoms with E-state index in [-0.39, 0.29) is 36.3 Å². The summed E-state index contributed by atoms with van der Waals surface area (Å²) in [5.41, 5.74) is 0.799. The molecule has 1 atom stereocenters. The van der Waals surface area contributed by atoms with Crippen molar-refractivity contribution in [3.05, 3.63) is 29.8 Å². The van der Waals surface area contributed by atoms with E-state index in [2.05, 4.69) is 0 Å². The molecule has 23 heavy (non-hydrogen) atoms. The lowest BCUT2D eigenvalue weighted by molar-refractivity contribution is -0.135. The quantitative estimate of drug-likeness (QED) is 0.779. The highest BCUT2D eigenvalue weighted by atomic mass is 32.2. The van der Waals surface area contributed by atoms with Crippen LogP contribution in [0.1, 0.15) is 18.4 Å². The zero-order valence-corrected chi connectivity index (χ0v) is 13.9. The molecule has 1 saturated heterocycles. The van der Waals surface area contributed by atoms with E-state index in [9.17, 15) is 13.2 Å². The monoisotopic (exact) mass is 339 g/mol. The number of hydrogen-bond acceptors (Lipinski definition) is 5. The topological polar surface area (TPSA) is 72.9 Å². The van der Waals surface area contributed by atoms with Crippen LogP contribution in [0.4, 0.5) is 0 Å². The molecule has 1 unspecified atom stereocenters. The second kappa shape index (κ2) is 6.68. The van der Waals surface area contributed by atoms with E-state index in [1.165, 1.54) is 4.31 Å². The molecular weight excluding hydrogens is 318 g/mol. The number of sulfonamides is 1. The molecule has 0 amide bonds. The van der Waals surface area contributed by atoms with Gasteiger partial charge in [-0.1, -0.05) is 12.1 Å². The third kappa shape index (κ3) is 3.63. The van der Waals surface area contributed by atoms with E-state index >= 15 is 0 Å². The van der Waals surface area contributed by atoms with E-state index in [1.54, 1.807) is 25.3 Å². The van der Waals surface area contributed by atoms with Gasteiger partial charge in [-0.3, -0.25) is 4.79 Å². The predicted molar refractivity (Wildman–Crippen MR) is 83.4 cm³/mol. The molecule has 0 N–H and O–H groups in total. The second-order valence-electron chi connectivity index (χ2n) is 5.98. The summed E-state index contributed by atoms with van der Waals surface area (Å²) >= 11 is 0. The molecule has 3 rings (SSSR count). The zero-order valence-electron chi connectivity index (χ0n) is 13.1. The Labute approximate surface area is 136 Å². The van der Waals surface area contributed by atoms with Gasteiger partial charge in [0.05, 0.1) is 18.1 Å². The summed E-state index contributed by atoms with van der Waals surface area (Å²) in [6, 6.07) is 6.71. The first-order valence-corrected chi connectivity index (χ1v) is 9.19. The molecule has 1 saturated carbocycles. The number of hydrogen-bond donors (Lipinski definition) is 0. The van der Waals surface area contributed by atoms with Crippen LogP contribution in [0.3, 0.4) is 0 Å². The number of benzene rings is 1. The molecule has 6 nitrogen and oxygen atoms in total. The van der Waals surface area contributed by atoms with Crippen molar-refractivity contribution in [3.63, 3.8) is 0 Å². The van der Waals surface area contributed by atoms with Gasteiger partial charge in [-0.25, -0.2) is 8.42 Å². The smallest absolute Gasteiger partial charge is 0.243 e. The Morgan fingerprint density at radius 1 is 1.39 bits per heavy atom.